The van der Waals surface area contributed by atoms with Crippen molar-refractivity contribution in [2.45, 2.75) is 32.7 Å². The van der Waals surface area contributed by atoms with Crippen LogP contribution in [0.2, 0.25) is 5.15 Å². The molecule has 1 N–H and O–H groups in total. The highest BCUT2D eigenvalue weighted by Gasteiger charge is 2.13. The van der Waals surface area contributed by atoms with Crippen LogP contribution in [0.15, 0.2) is 6.20 Å². The largest absolute Gasteiger partial charge is 0.317 e. The Morgan fingerprint density at radius 1 is 1.53 bits per heavy atom. The highest BCUT2D eigenvalue weighted by Crippen LogP contribution is 2.19. The lowest BCUT2D eigenvalue weighted by atomic mass is 9.95. The zero-order chi connectivity index (χ0) is 10.7. The predicted molar refractivity (Wildman–Crippen MR) is 62.2 cm³/mol. The molecule has 0 aromatic carbocycles. The molecule has 0 spiro atoms. The zero-order valence-corrected chi connectivity index (χ0v) is 9.93. The molecular weight excluding hydrogens is 210 g/mol. The maximum Gasteiger partial charge on any atom is 0.129 e. The number of nitrogens with zero attached hydrogens (tertiary/aromatic N) is 2. The van der Waals surface area contributed by atoms with Crippen LogP contribution in [0.5, 0.6) is 0 Å². The van der Waals surface area contributed by atoms with Crippen LogP contribution in [0.3, 0.4) is 0 Å². The number of rotatable bonds is 3. The third kappa shape index (κ3) is 2.73. The summed E-state index contributed by atoms with van der Waals surface area (Å²) in [4.78, 5) is 0. The maximum atomic E-state index is 6.11. The molecule has 1 aromatic rings. The highest BCUT2D eigenvalue weighted by atomic mass is 35.5. The van der Waals surface area contributed by atoms with Gasteiger partial charge < -0.3 is 5.32 Å². The van der Waals surface area contributed by atoms with Gasteiger partial charge in [0.15, 0.2) is 0 Å². The van der Waals surface area contributed by atoms with E-state index in [1.54, 1.807) is 0 Å². The SMILES string of the molecule is Cc1cnn(CCC2CCNCC2)c1Cl. The van der Waals surface area contributed by atoms with Gasteiger partial charge >= 0.3 is 0 Å². The summed E-state index contributed by atoms with van der Waals surface area (Å²) < 4.78 is 1.92. The van der Waals surface area contributed by atoms with Gasteiger partial charge in [-0.25, -0.2) is 0 Å². The van der Waals surface area contributed by atoms with Gasteiger partial charge in [-0.3, -0.25) is 4.68 Å². The minimum Gasteiger partial charge on any atom is -0.317 e. The first kappa shape index (κ1) is 11.0. The molecule has 0 radical (unpaired) electrons. The van der Waals surface area contributed by atoms with Gasteiger partial charge in [0.25, 0.3) is 0 Å². The van der Waals surface area contributed by atoms with E-state index in [0.717, 1.165) is 36.3 Å². The van der Waals surface area contributed by atoms with Gasteiger partial charge in [0.2, 0.25) is 0 Å². The molecule has 15 heavy (non-hydrogen) atoms. The molecule has 84 valence electrons. The molecule has 2 heterocycles. The number of piperidine rings is 1. The van der Waals surface area contributed by atoms with E-state index in [-0.39, 0.29) is 0 Å². The molecule has 1 aliphatic rings. The normalized spacial score (nSPS) is 18.3. The smallest absolute Gasteiger partial charge is 0.129 e. The van der Waals surface area contributed by atoms with Crippen molar-refractivity contribution in [3.8, 4) is 0 Å². The molecule has 0 amide bonds. The monoisotopic (exact) mass is 227 g/mol. The van der Waals surface area contributed by atoms with E-state index in [2.05, 4.69) is 10.4 Å². The number of halogens is 1. The van der Waals surface area contributed by atoms with Crippen LogP contribution in [0.25, 0.3) is 0 Å². The van der Waals surface area contributed by atoms with Gasteiger partial charge in [0.05, 0.1) is 6.20 Å². The van der Waals surface area contributed by atoms with Gasteiger partial charge in [-0.2, -0.15) is 5.10 Å². The number of aromatic nitrogens is 2. The van der Waals surface area contributed by atoms with Gasteiger partial charge in [-0.05, 0) is 45.2 Å². The molecule has 0 unspecified atom stereocenters. The van der Waals surface area contributed by atoms with Crippen LogP contribution in [0.4, 0.5) is 0 Å². The van der Waals surface area contributed by atoms with Crippen molar-refractivity contribution in [1.82, 2.24) is 15.1 Å². The van der Waals surface area contributed by atoms with Gasteiger partial charge in [-0.1, -0.05) is 11.6 Å². The first-order valence-corrected chi connectivity index (χ1v) is 6.04. The third-order valence-electron chi connectivity index (χ3n) is 3.15. The van der Waals surface area contributed by atoms with E-state index < -0.39 is 0 Å². The Bertz CT molecular complexity index is 316. The van der Waals surface area contributed by atoms with Crippen LogP contribution in [0.1, 0.15) is 24.8 Å². The lowest BCUT2D eigenvalue weighted by Crippen LogP contribution is -2.28. The molecule has 1 aliphatic heterocycles. The van der Waals surface area contributed by atoms with E-state index in [0.29, 0.717) is 0 Å². The summed E-state index contributed by atoms with van der Waals surface area (Å²) in [5.74, 6) is 0.840. The Kier molecular flexibility index (Phi) is 3.65. The first-order valence-electron chi connectivity index (χ1n) is 5.66. The molecule has 1 saturated heterocycles. The van der Waals surface area contributed by atoms with Gasteiger partial charge in [0.1, 0.15) is 5.15 Å². The fourth-order valence-electron chi connectivity index (χ4n) is 2.09. The van der Waals surface area contributed by atoms with Crippen molar-refractivity contribution < 1.29 is 0 Å². The predicted octanol–water partition coefficient (Wildman–Crippen LogP) is 2.23. The molecule has 2 rings (SSSR count). The van der Waals surface area contributed by atoms with Crippen molar-refractivity contribution in [3.05, 3.63) is 16.9 Å². The molecule has 1 aromatic heterocycles. The Balaban J connectivity index is 1.84. The van der Waals surface area contributed by atoms with Crippen LogP contribution >= 0.6 is 11.6 Å². The third-order valence-corrected chi connectivity index (χ3v) is 3.64. The second-order valence-corrected chi connectivity index (χ2v) is 4.68. The average Bonchev–Trinajstić information content (AvgIpc) is 2.59. The minimum atomic E-state index is 0.795. The standard InChI is InChI=1S/C11H18ClN3/c1-9-8-14-15(11(9)12)7-4-10-2-5-13-6-3-10/h8,10,13H,2-7H2,1H3. The summed E-state index contributed by atoms with van der Waals surface area (Å²) in [6.07, 6.45) is 5.61. The van der Waals surface area contributed by atoms with E-state index in [4.69, 9.17) is 11.6 Å². The summed E-state index contributed by atoms with van der Waals surface area (Å²) in [5, 5.41) is 8.44. The molecule has 3 nitrogen and oxygen atoms in total. The number of nitrogens with one attached hydrogen (secondary N) is 1. The quantitative estimate of drug-likeness (QED) is 0.859. The van der Waals surface area contributed by atoms with Crippen molar-refractivity contribution in [2.24, 2.45) is 5.92 Å². The second kappa shape index (κ2) is 4.99. The lowest BCUT2D eigenvalue weighted by molar-refractivity contribution is 0.332. The number of aryl methyl sites for hydroxylation is 2. The van der Waals surface area contributed by atoms with Gasteiger partial charge in [0, 0.05) is 12.1 Å². The second-order valence-electron chi connectivity index (χ2n) is 4.32. The Morgan fingerprint density at radius 2 is 2.27 bits per heavy atom. The fraction of sp³-hybridized carbons (Fsp3) is 0.727. The van der Waals surface area contributed by atoms with Crippen LogP contribution < -0.4 is 5.32 Å². The Morgan fingerprint density at radius 3 is 2.87 bits per heavy atom. The van der Waals surface area contributed by atoms with E-state index >= 15 is 0 Å². The molecule has 0 aliphatic carbocycles. The molecule has 0 atom stereocenters. The van der Waals surface area contributed by atoms with Crippen molar-refractivity contribution in [2.75, 3.05) is 13.1 Å². The number of hydrogen-bond acceptors (Lipinski definition) is 2. The maximum absolute atomic E-state index is 6.11. The van der Waals surface area contributed by atoms with Crippen molar-refractivity contribution in [3.63, 3.8) is 0 Å². The molecular formula is C11H18ClN3. The minimum absolute atomic E-state index is 0.795. The molecule has 1 fully saturated rings. The van der Waals surface area contributed by atoms with Crippen LogP contribution in [0, 0.1) is 12.8 Å². The summed E-state index contributed by atoms with van der Waals surface area (Å²) in [7, 11) is 0. The Hall–Kier alpha value is -0.540. The fourth-order valence-corrected chi connectivity index (χ4v) is 2.27. The zero-order valence-electron chi connectivity index (χ0n) is 9.17. The van der Waals surface area contributed by atoms with E-state index in [9.17, 15) is 0 Å². The van der Waals surface area contributed by atoms with Crippen molar-refractivity contribution in [1.29, 1.82) is 0 Å². The average molecular weight is 228 g/mol. The summed E-state index contributed by atoms with van der Waals surface area (Å²) in [5.41, 5.74) is 1.07. The molecule has 0 bridgehead atoms. The van der Waals surface area contributed by atoms with Crippen LogP contribution in [-0.2, 0) is 6.54 Å². The van der Waals surface area contributed by atoms with Crippen LogP contribution in [-0.4, -0.2) is 22.9 Å². The summed E-state index contributed by atoms with van der Waals surface area (Å²) in [6.45, 7) is 5.28. The van der Waals surface area contributed by atoms with E-state index in [1.165, 1.54) is 19.3 Å². The topological polar surface area (TPSA) is 29.9 Å². The Labute approximate surface area is 95.8 Å². The van der Waals surface area contributed by atoms with E-state index in [1.807, 2.05) is 17.8 Å². The van der Waals surface area contributed by atoms with Crippen molar-refractivity contribution >= 4 is 11.6 Å². The molecule has 0 saturated carbocycles. The summed E-state index contributed by atoms with van der Waals surface area (Å²) in [6, 6.07) is 0. The van der Waals surface area contributed by atoms with Gasteiger partial charge in [-0.15, -0.1) is 0 Å². The highest BCUT2D eigenvalue weighted by molar-refractivity contribution is 6.30. The number of hydrogen-bond donors (Lipinski definition) is 1. The lowest BCUT2D eigenvalue weighted by Gasteiger charge is -2.22. The molecule has 4 heteroatoms. The summed E-state index contributed by atoms with van der Waals surface area (Å²) >= 11 is 6.11. The first-order chi connectivity index (χ1) is 7.27.